The van der Waals surface area contributed by atoms with Crippen LogP contribution in [-0.2, 0) is 11.2 Å². The van der Waals surface area contributed by atoms with Crippen molar-refractivity contribution in [3.8, 4) is 0 Å². The van der Waals surface area contributed by atoms with Crippen molar-refractivity contribution in [1.82, 2.24) is 0 Å². The Hall–Kier alpha value is -1.05. The largest absolute Gasteiger partial charge is 0.299 e. The summed E-state index contributed by atoms with van der Waals surface area (Å²) in [6, 6.07) is 2.27. The fraction of sp³-hybridized carbons (Fsp3) is 0.364. The van der Waals surface area contributed by atoms with E-state index in [1.165, 1.54) is 6.07 Å². The first-order valence-electron chi connectivity index (χ1n) is 5.14. The maximum Gasteiger partial charge on any atom is 0.274 e. The molecular formula is C11H9FINO3. The average Bonchev–Trinajstić information content (AvgIpc) is 3.06. The summed E-state index contributed by atoms with van der Waals surface area (Å²) in [6.07, 6.45) is 1.65. The summed E-state index contributed by atoms with van der Waals surface area (Å²) >= 11 is 1.70. The molecule has 0 unspecified atom stereocenters. The molecule has 1 aliphatic rings. The first kappa shape index (κ1) is 12.4. The van der Waals surface area contributed by atoms with Gasteiger partial charge in [0.2, 0.25) is 0 Å². The highest BCUT2D eigenvalue weighted by atomic mass is 127. The highest BCUT2D eigenvalue weighted by molar-refractivity contribution is 14.1. The summed E-state index contributed by atoms with van der Waals surface area (Å²) in [4.78, 5) is 21.8. The van der Waals surface area contributed by atoms with Gasteiger partial charge in [-0.1, -0.05) is 0 Å². The minimum absolute atomic E-state index is 0.0249. The molecule has 0 N–H and O–H groups in total. The Morgan fingerprint density at radius 3 is 2.71 bits per heavy atom. The van der Waals surface area contributed by atoms with Gasteiger partial charge in [-0.2, -0.15) is 0 Å². The van der Waals surface area contributed by atoms with Crippen LogP contribution in [0.3, 0.4) is 0 Å². The van der Waals surface area contributed by atoms with Gasteiger partial charge in [-0.25, -0.2) is 4.39 Å². The van der Waals surface area contributed by atoms with Gasteiger partial charge in [0, 0.05) is 24.0 Å². The van der Waals surface area contributed by atoms with Gasteiger partial charge in [0.05, 0.1) is 8.49 Å². The van der Waals surface area contributed by atoms with E-state index in [0.29, 0.717) is 0 Å². The number of rotatable bonds is 4. The van der Waals surface area contributed by atoms with Crippen molar-refractivity contribution in [3.63, 3.8) is 0 Å². The fourth-order valence-corrected chi connectivity index (χ4v) is 2.08. The van der Waals surface area contributed by atoms with Gasteiger partial charge in [-0.15, -0.1) is 0 Å². The summed E-state index contributed by atoms with van der Waals surface area (Å²) in [7, 11) is 0. The van der Waals surface area contributed by atoms with Gasteiger partial charge in [-0.3, -0.25) is 14.9 Å². The molecule has 0 amide bonds. The fourth-order valence-electron chi connectivity index (χ4n) is 1.63. The summed E-state index contributed by atoms with van der Waals surface area (Å²) in [6.45, 7) is 0. The topological polar surface area (TPSA) is 60.2 Å². The van der Waals surface area contributed by atoms with Crippen molar-refractivity contribution in [2.75, 3.05) is 0 Å². The Labute approximate surface area is 110 Å². The van der Waals surface area contributed by atoms with Gasteiger partial charge in [0.1, 0.15) is 11.6 Å². The van der Waals surface area contributed by atoms with Crippen molar-refractivity contribution in [2.24, 2.45) is 5.92 Å². The lowest BCUT2D eigenvalue weighted by atomic mass is 10.0. The summed E-state index contributed by atoms with van der Waals surface area (Å²) in [5.74, 6) is -0.527. The SMILES string of the molecule is O=C(Cc1cc(F)c(I)cc1[N+](=O)[O-])C1CC1. The molecule has 1 aliphatic carbocycles. The smallest absolute Gasteiger partial charge is 0.274 e. The molecule has 0 spiro atoms. The number of hydrogen-bond donors (Lipinski definition) is 0. The zero-order valence-corrected chi connectivity index (χ0v) is 10.9. The van der Waals surface area contributed by atoms with Gasteiger partial charge in [0.25, 0.3) is 5.69 Å². The summed E-state index contributed by atoms with van der Waals surface area (Å²) in [5, 5.41) is 10.8. The van der Waals surface area contributed by atoms with E-state index >= 15 is 0 Å². The van der Waals surface area contributed by atoms with Crippen LogP contribution in [0.1, 0.15) is 18.4 Å². The molecule has 90 valence electrons. The Morgan fingerprint density at radius 1 is 1.53 bits per heavy atom. The number of halogens is 2. The van der Waals surface area contributed by atoms with E-state index in [1.807, 2.05) is 0 Å². The van der Waals surface area contributed by atoms with Crippen molar-refractivity contribution in [3.05, 3.63) is 37.2 Å². The number of carbonyl (C=O) groups excluding carboxylic acids is 1. The Kier molecular flexibility index (Phi) is 3.41. The van der Waals surface area contributed by atoms with Crippen LogP contribution in [0.4, 0.5) is 10.1 Å². The van der Waals surface area contributed by atoms with Crippen LogP contribution in [0.15, 0.2) is 12.1 Å². The number of benzene rings is 1. The number of carbonyl (C=O) groups is 1. The van der Waals surface area contributed by atoms with Gasteiger partial charge < -0.3 is 0 Å². The molecule has 2 rings (SSSR count). The molecule has 1 saturated carbocycles. The first-order valence-corrected chi connectivity index (χ1v) is 6.22. The van der Waals surface area contributed by atoms with Crippen LogP contribution < -0.4 is 0 Å². The quantitative estimate of drug-likeness (QED) is 0.477. The van der Waals surface area contributed by atoms with Crippen LogP contribution in [0, 0.1) is 25.4 Å². The molecule has 0 heterocycles. The van der Waals surface area contributed by atoms with Crippen LogP contribution in [0.2, 0.25) is 0 Å². The lowest BCUT2D eigenvalue weighted by Crippen LogP contribution is -2.08. The predicted octanol–water partition coefficient (Wildman–Crippen LogP) is 2.86. The normalized spacial score (nSPS) is 14.7. The van der Waals surface area contributed by atoms with Crippen molar-refractivity contribution >= 4 is 34.1 Å². The van der Waals surface area contributed by atoms with Crippen molar-refractivity contribution < 1.29 is 14.1 Å². The number of nitro benzene ring substituents is 1. The molecule has 0 saturated heterocycles. The monoisotopic (exact) mass is 349 g/mol. The summed E-state index contributed by atoms with van der Waals surface area (Å²) < 4.78 is 13.5. The Balaban J connectivity index is 2.33. The van der Waals surface area contributed by atoms with E-state index in [-0.39, 0.29) is 32.9 Å². The number of nitrogens with zero attached hydrogens (tertiary/aromatic N) is 1. The van der Waals surface area contributed by atoms with E-state index in [9.17, 15) is 19.3 Å². The molecule has 0 aliphatic heterocycles. The van der Waals surface area contributed by atoms with Crippen LogP contribution in [0.25, 0.3) is 0 Å². The molecule has 0 radical (unpaired) electrons. The predicted molar refractivity (Wildman–Crippen MR) is 67.2 cm³/mol. The minimum Gasteiger partial charge on any atom is -0.299 e. The Bertz CT molecular complexity index is 500. The zero-order chi connectivity index (χ0) is 12.6. The molecule has 17 heavy (non-hydrogen) atoms. The molecule has 6 heteroatoms. The van der Waals surface area contributed by atoms with Crippen LogP contribution in [-0.4, -0.2) is 10.7 Å². The zero-order valence-electron chi connectivity index (χ0n) is 8.78. The third-order valence-electron chi connectivity index (χ3n) is 2.72. The lowest BCUT2D eigenvalue weighted by molar-refractivity contribution is -0.385. The van der Waals surface area contributed by atoms with Crippen LogP contribution >= 0.6 is 22.6 Å². The molecule has 0 atom stereocenters. The first-order chi connectivity index (χ1) is 7.99. The van der Waals surface area contributed by atoms with Gasteiger partial charge in [0.15, 0.2) is 0 Å². The van der Waals surface area contributed by atoms with Gasteiger partial charge in [-0.05, 0) is 41.5 Å². The molecular weight excluding hydrogens is 340 g/mol. The Morgan fingerprint density at radius 2 is 2.18 bits per heavy atom. The molecule has 1 aromatic carbocycles. The number of nitro groups is 1. The van der Waals surface area contributed by atoms with Crippen molar-refractivity contribution in [1.29, 1.82) is 0 Å². The van der Waals surface area contributed by atoms with E-state index in [0.717, 1.165) is 18.9 Å². The number of Topliss-reactive ketones (excluding diaryl/α,β-unsaturated/α-hetero) is 1. The maximum atomic E-state index is 13.3. The molecule has 4 nitrogen and oxygen atoms in total. The van der Waals surface area contributed by atoms with E-state index in [4.69, 9.17) is 0 Å². The summed E-state index contributed by atoms with van der Waals surface area (Å²) in [5.41, 5.74) is -0.00499. The second-order valence-corrected chi connectivity index (χ2v) is 5.23. The molecule has 0 bridgehead atoms. The van der Waals surface area contributed by atoms with E-state index in [1.54, 1.807) is 22.6 Å². The molecule has 1 fully saturated rings. The molecule has 1 aromatic rings. The highest BCUT2D eigenvalue weighted by Crippen LogP contribution is 2.33. The second kappa shape index (κ2) is 4.67. The second-order valence-electron chi connectivity index (χ2n) is 4.07. The van der Waals surface area contributed by atoms with E-state index < -0.39 is 10.7 Å². The minimum atomic E-state index is -0.572. The third kappa shape index (κ3) is 2.80. The average molecular weight is 349 g/mol. The third-order valence-corrected chi connectivity index (χ3v) is 3.54. The number of ketones is 1. The highest BCUT2D eigenvalue weighted by Gasteiger charge is 2.31. The van der Waals surface area contributed by atoms with Gasteiger partial charge >= 0.3 is 0 Å². The van der Waals surface area contributed by atoms with Crippen LogP contribution in [0.5, 0.6) is 0 Å². The molecule has 0 aromatic heterocycles. The number of hydrogen-bond acceptors (Lipinski definition) is 3. The van der Waals surface area contributed by atoms with Crippen molar-refractivity contribution in [2.45, 2.75) is 19.3 Å². The van der Waals surface area contributed by atoms with E-state index in [2.05, 4.69) is 0 Å². The standard InChI is InChI=1S/C11H9FINO3/c12-8-3-7(4-11(15)6-1-2-6)10(14(16)17)5-9(8)13/h3,5-6H,1-2,4H2. The maximum absolute atomic E-state index is 13.3. The lowest BCUT2D eigenvalue weighted by Gasteiger charge is -2.03.